The third-order valence-electron chi connectivity index (χ3n) is 1.36. The average molecular weight is 664 g/mol. The Morgan fingerprint density at radius 1 is 0.514 bits per heavy atom. The van der Waals surface area contributed by atoms with E-state index in [1.165, 1.54) is 0 Å². The lowest BCUT2D eigenvalue weighted by atomic mass is 11.8. The van der Waals surface area contributed by atoms with Crippen molar-refractivity contribution in [3.05, 3.63) is 0 Å². The molecular weight excluding hydrogens is 583 g/mol. The van der Waals surface area contributed by atoms with Gasteiger partial charge in [0, 0.05) is 0 Å². The standard InChI is InChI=1S/C6H19NSi2.C6H18OSi2.C3H11NSi.2C3H10OSi.CH4.H3N.2H2O/c2*1-8(2,3)7-9(4,5)6;3*1-5(2,3)4;;;;/h7H,1-6H3;1-6H3;4H2,1-3H3;2*4H,1-3H3;1H4;1H3;2*1H2/p+1. The molecule has 15 heteroatoms. The van der Waals surface area contributed by atoms with Crippen LogP contribution in [-0.4, -0.2) is 73.0 Å². The third-order valence-corrected chi connectivity index (χ3v) is 12.3. The molecule has 0 saturated carbocycles. The Bertz CT molecular complexity index is 376. The minimum atomic E-state index is -1.61. The van der Waals surface area contributed by atoms with E-state index in [4.69, 9.17) is 19.1 Å². The maximum Gasteiger partial charge on any atom is 0.179 e. The van der Waals surface area contributed by atoms with E-state index in [2.05, 4.69) is 103 Å². The second-order valence-corrected chi connectivity index (χ2v) is 48.3. The van der Waals surface area contributed by atoms with Gasteiger partial charge in [-0.1, -0.05) is 66.3 Å². The van der Waals surface area contributed by atoms with E-state index in [-0.39, 0.29) is 24.5 Å². The molecule has 0 heterocycles. The number of rotatable bonds is 4. The summed E-state index contributed by atoms with van der Waals surface area (Å²) in [5.74, 6) is 0. The summed E-state index contributed by atoms with van der Waals surface area (Å²) < 4.78 is 9.64. The fourth-order valence-corrected chi connectivity index (χ4v) is 18.4. The Hall–Kier alpha value is 1.20. The summed E-state index contributed by atoms with van der Waals surface area (Å²) in [7, 11) is -8.76. The molecule has 0 aliphatic heterocycles. The maximum atomic E-state index is 8.66. The van der Waals surface area contributed by atoms with Gasteiger partial charge in [-0.2, -0.15) is 0 Å². The number of hydrogen-bond acceptors (Lipinski definition) is 6. The normalized spacial score (nSPS) is 11.7. The molecule has 0 aromatic heterocycles. The van der Waals surface area contributed by atoms with Gasteiger partial charge < -0.3 is 40.9 Å². The molecule has 37 heavy (non-hydrogen) atoms. The zero-order chi connectivity index (χ0) is 28.9. The summed E-state index contributed by atoms with van der Waals surface area (Å²) >= 11 is 0. The van der Waals surface area contributed by atoms with Gasteiger partial charge in [-0.05, 0) is 78.6 Å². The highest BCUT2D eigenvalue weighted by Crippen LogP contribution is 2.12. The van der Waals surface area contributed by atoms with Crippen LogP contribution >= 0.6 is 0 Å². The first kappa shape index (κ1) is 62.0. The van der Waals surface area contributed by atoms with Gasteiger partial charge in [-0.3, -0.25) is 0 Å². The molecule has 0 aliphatic rings. The fraction of sp³-hybridized carbons (Fsp3) is 1.00. The van der Waals surface area contributed by atoms with Crippen LogP contribution in [0, 0.1) is 0 Å². The van der Waals surface area contributed by atoms with Crippen LogP contribution in [0.5, 0.6) is 0 Å². The van der Waals surface area contributed by atoms with Crippen LogP contribution in [0.2, 0.25) is 137 Å². The predicted molar refractivity (Wildman–Crippen MR) is 197 cm³/mol. The van der Waals surface area contributed by atoms with Gasteiger partial charge in [0.15, 0.2) is 33.3 Å². The van der Waals surface area contributed by atoms with E-state index in [0.717, 1.165) is 0 Å². The van der Waals surface area contributed by atoms with Crippen LogP contribution in [0.1, 0.15) is 7.43 Å². The van der Waals surface area contributed by atoms with Crippen LogP contribution in [0.3, 0.4) is 0 Å². The lowest BCUT2D eigenvalue weighted by Crippen LogP contribution is -2.55. The van der Waals surface area contributed by atoms with Gasteiger partial charge in [0.05, 0.1) is 0 Å². The van der Waals surface area contributed by atoms with Crippen molar-refractivity contribution in [3.63, 3.8) is 0 Å². The smallest absolute Gasteiger partial charge is 0.179 e. The zero-order valence-corrected chi connectivity index (χ0v) is 35.7. The largest absolute Gasteiger partial charge is 0.457 e. The SMILES string of the molecule is C.C[Si](C)(C)N.C[Si](C)(C)N[Si](C)(C)C.C[Si](C)(C)O.C[Si](C)(C)O.C[Si](C)(C)O[Si](C)(C)C.N.O.[OH3+]. The third kappa shape index (κ3) is 265. The molecule has 240 valence electrons. The highest BCUT2D eigenvalue weighted by molar-refractivity contribution is 6.90. The van der Waals surface area contributed by atoms with Gasteiger partial charge in [0.25, 0.3) is 0 Å². The molecule has 8 nitrogen and oxygen atoms in total. The van der Waals surface area contributed by atoms with Crippen LogP contribution < -0.4 is 16.2 Å². The highest BCUT2D eigenvalue weighted by atomic mass is 28.4. The molecule has 0 aromatic carbocycles. The van der Waals surface area contributed by atoms with Crippen LogP contribution in [0.15, 0.2) is 0 Å². The van der Waals surface area contributed by atoms with Crippen molar-refractivity contribution in [1.29, 1.82) is 0 Å². The Morgan fingerprint density at radius 2 is 0.622 bits per heavy atom. The van der Waals surface area contributed by atoms with E-state index < -0.39 is 58.0 Å². The van der Waals surface area contributed by atoms with Crippen molar-refractivity contribution < 1.29 is 24.7 Å². The van der Waals surface area contributed by atoms with Crippen LogP contribution in [0.25, 0.3) is 0 Å². The average Bonchev–Trinajstić information content (AvgIpc) is 2.07. The summed E-state index contributed by atoms with van der Waals surface area (Å²) in [6.45, 7) is 45.2. The van der Waals surface area contributed by atoms with Crippen molar-refractivity contribution in [1.82, 2.24) is 10.8 Å². The van der Waals surface area contributed by atoms with Gasteiger partial charge >= 0.3 is 0 Å². The summed E-state index contributed by atoms with van der Waals surface area (Å²) in [6.07, 6.45) is 0. The van der Waals surface area contributed by atoms with Crippen molar-refractivity contribution in [3.8, 4) is 0 Å². The molecular formula is C22H80N3O5Si7+. The number of hydrogen-bond donors (Lipinski definition) is 5. The Labute approximate surface area is 243 Å². The van der Waals surface area contributed by atoms with Crippen LogP contribution in [0.4, 0.5) is 0 Å². The Morgan fingerprint density at radius 3 is 0.622 bits per heavy atom. The Balaban J connectivity index is -0.0000000379. The van der Waals surface area contributed by atoms with Gasteiger partial charge in [0.1, 0.15) is 24.7 Å². The topological polar surface area (TPSA) is 187 Å². The number of nitrogens with two attached hydrogens (primary N) is 1. The molecule has 0 bridgehead atoms. The maximum absolute atomic E-state index is 8.66. The second-order valence-electron chi connectivity index (χ2n) is 15.7. The van der Waals surface area contributed by atoms with Crippen molar-refractivity contribution >= 4 is 58.0 Å². The van der Waals surface area contributed by atoms with E-state index in [0.29, 0.717) is 0 Å². The quantitative estimate of drug-likeness (QED) is 0.172. The second kappa shape index (κ2) is 23.9. The lowest BCUT2D eigenvalue weighted by molar-refractivity contribution is 0.558. The minimum Gasteiger partial charge on any atom is -0.457 e. The summed E-state index contributed by atoms with van der Waals surface area (Å²) in [6, 6.07) is 0. The predicted octanol–water partition coefficient (Wildman–Crippen LogP) is 6.38. The number of nitrogens with one attached hydrogen (secondary N) is 1. The van der Waals surface area contributed by atoms with E-state index in [1.807, 2.05) is 39.3 Å². The highest BCUT2D eigenvalue weighted by Gasteiger charge is 2.24. The van der Waals surface area contributed by atoms with E-state index in [1.54, 1.807) is 0 Å². The van der Waals surface area contributed by atoms with Crippen molar-refractivity contribution in [2.75, 3.05) is 0 Å². The first-order chi connectivity index (χ1) is 13.4. The first-order valence-electron chi connectivity index (χ1n) is 12.1. The molecule has 0 fully saturated rings. The van der Waals surface area contributed by atoms with E-state index in [9.17, 15) is 0 Å². The first-order valence-corrected chi connectivity index (χ1v) is 36.4. The molecule has 0 radical (unpaired) electrons. The van der Waals surface area contributed by atoms with Crippen molar-refractivity contribution in [2.45, 2.75) is 145 Å². The lowest BCUT2D eigenvalue weighted by Gasteiger charge is -2.28. The molecule has 0 amide bonds. The molecule has 0 atom stereocenters. The van der Waals surface area contributed by atoms with Gasteiger partial charge in [-0.15, -0.1) is 0 Å². The van der Waals surface area contributed by atoms with Crippen molar-refractivity contribution in [2.24, 2.45) is 5.40 Å². The molecule has 0 rings (SSSR count). The Kier molecular flexibility index (Phi) is 40.0. The summed E-state index contributed by atoms with van der Waals surface area (Å²) in [5.41, 5.74) is 0. The molecule has 0 aromatic rings. The molecule has 0 spiro atoms. The molecule has 0 unspecified atom stereocenters. The summed E-state index contributed by atoms with van der Waals surface area (Å²) in [4.78, 5) is 17.3. The molecule has 13 N–H and O–H groups in total. The molecule has 0 saturated heterocycles. The zero-order valence-electron chi connectivity index (χ0n) is 28.7. The van der Waals surface area contributed by atoms with E-state index >= 15 is 0 Å². The monoisotopic (exact) mass is 662 g/mol. The van der Waals surface area contributed by atoms with Gasteiger partial charge in [-0.25, -0.2) is 0 Å². The minimum absolute atomic E-state index is 0. The van der Waals surface area contributed by atoms with Gasteiger partial charge in [0.2, 0.25) is 0 Å². The van der Waals surface area contributed by atoms with Crippen LogP contribution in [-0.2, 0) is 9.59 Å². The summed E-state index contributed by atoms with van der Waals surface area (Å²) in [5, 5.41) is 5.49. The fourth-order valence-electron chi connectivity index (χ4n) is 2.04. The molecule has 0 aliphatic carbocycles.